The second-order valence-electron chi connectivity index (χ2n) is 6.13. The van der Waals surface area contributed by atoms with Crippen LogP contribution in [-0.4, -0.2) is 43.2 Å². The average molecular weight is 442 g/mol. The minimum absolute atomic E-state index is 0.131. The third-order valence-corrected chi connectivity index (χ3v) is 5.68. The van der Waals surface area contributed by atoms with Gasteiger partial charge in [-0.2, -0.15) is 5.10 Å². The van der Waals surface area contributed by atoms with Crippen LogP contribution in [0.25, 0.3) is 17.0 Å². The van der Waals surface area contributed by atoms with E-state index in [-0.39, 0.29) is 18.7 Å². The van der Waals surface area contributed by atoms with Crippen LogP contribution in [0, 0.1) is 0 Å². The molecule has 30 heavy (non-hydrogen) atoms. The van der Waals surface area contributed by atoms with E-state index in [9.17, 15) is 14.4 Å². The summed E-state index contributed by atoms with van der Waals surface area (Å²) in [6.07, 6.45) is 4.51. The number of thioether (sulfide) groups is 1. The lowest BCUT2D eigenvalue weighted by Crippen LogP contribution is -2.19. The number of carboxylic acids is 1. The Kier molecular flexibility index (Phi) is 5.59. The number of thiazole rings is 1. The van der Waals surface area contributed by atoms with Gasteiger partial charge in [0.25, 0.3) is 5.91 Å². The molecule has 0 saturated carbocycles. The van der Waals surface area contributed by atoms with Crippen LogP contribution in [0.2, 0.25) is 0 Å². The number of aromatic amines is 1. The molecule has 4 N–H and O–H groups in total. The van der Waals surface area contributed by atoms with Gasteiger partial charge in [0.05, 0.1) is 33.6 Å². The first-order chi connectivity index (χ1) is 14.5. The largest absolute Gasteiger partial charge is 0.481 e. The smallest absolute Gasteiger partial charge is 0.303 e. The van der Waals surface area contributed by atoms with Crippen LogP contribution in [0.4, 0.5) is 10.8 Å². The van der Waals surface area contributed by atoms with Crippen molar-refractivity contribution in [3.05, 3.63) is 40.4 Å². The van der Waals surface area contributed by atoms with Gasteiger partial charge in [0.2, 0.25) is 5.91 Å². The lowest BCUT2D eigenvalue weighted by molar-refractivity contribution is -0.138. The van der Waals surface area contributed by atoms with Crippen molar-refractivity contribution in [1.82, 2.24) is 20.5 Å². The zero-order valence-electron chi connectivity index (χ0n) is 15.2. The van der Waals surface area contributed by atoms with E-state index in [0.29, 0.717) is 25.8 Å². The number of fused-ring (bicyclic) bond motifs is 1. The molecule has 3 aromatic rings. The highest BCUT2D eigenvalue weighted by Gasteiger charge is 2.24. The number of aliphatic imine (C=N–C) groups is 1. The van der Waals surface area contributed by atoms with E-state index >= 15 is 0 Å². The summed E-state index contributed by atoms with van der Waals surface area (Å²) in [6.45, 7) is 0. The number of nitrogens with one attached hydrogen (secondary N) is 3. The number of nitrogens with zero attached hydrogens (tertiary/aromatic N) is 3. The van der Waals surface area contributed by atoms with Crippen LogP contribution >= 0.6 is 23.1 Å². The standard InChI is InChI=1S/C18H14N6O4S2/c25-14(3-4-15(26)27)22-17-19-8-11(29-17)6-13-16(28)23-18(30-13)21-10-1-2-12-9(5-10)7-20-24-12/h1-2,5-8H,3-4H2,(H,20,24)(H,26,27)(H,19,22,25)(H,21,23,28). The third kappa shape index (κ3) is 4.72. The topological polar surface area (TPSA) is 149 Å². The van der Waals surface area contributed by atoms with E-state index in [1.165, 1.54) is 29.3 Å². The number of carbonyl (C=O) groups is 3. The Morgan fingerprint density at radius 3 is 2.97 bits per heavy atom. The van der Waals surface area contributed by atoms with Gasteiger partial charge in [-0.05, 0) is 36.0 Å². The molecule has 1 aliphatic heterocycles. The summed E-state index contributed by atoms with van der Waals surface area (Å²) in [5.74, 6) is -1.74. The number of anilines is 1. The summed E-state index contributed by atoms with van der Waals surface area (Å²) in [5, 5.41) is 22.4. The quantitative estimate of drug-likeness (QED) is 0.429. The highest BCUT2D eigenvalue weighted by atomic mass is 32.2. The zero-order valence-corrected chi connectivity index (χ0v) is 16.8. The number of H-pyrrole nitrogens is 1. The predicted octanol–water partition coefficient (Wildman–Crippen LogP) is 2.71. The molecule has 0 spiro atoms. The molecule has 10 nitrogen and oxygen atoms in total. The van der Waals surface area contributed by atoms with Crippen LogP contribution < -0.4 is 10.6 Å². The van der Waals surface area contributed by atoms with Gasteiger partial charge in [-0.1, -0.05) is 11.3 Å². The number of carboxylic acid groups (broad SMARTS) is 1. The monoisotopic (exact) mass is 442 g/mol. The van der Waals surface area contributed by atoms with Gasteiger partial charge in [-0.15, -0.1) is 0 Å². The van der Waals surface area contributed by atoms with Gasteiger partial charge in [0, 0.05) is 18.0 Å². The van der Waals surface area contributed by atoms with Crippen molar-refractivity contribution in [1.29, 1.82) is 0 Å². The van der Waals surface area contributed by atoms with Crippen LogP contribution in [0.5, 0.6) is 0 Å². The van der Waals surface area contributed by atoms with E-state index in [0.717, 1.165) is 10.9 Å². The number of rotatable bonds is 6. The lowest BCUT2D eigenvalue weighted by atomic mass is 10.2. The summed E-state index contributed by atoms with van der Waals surface area (Å²) in [5.41, 5.74) is 1.59. The van der Waals surface area contributed by atoms with E-state index < -0.39 is 11.9 Å². The number of carbonyl (C=O) groups excluding carboxylic acids is 2. The second kappa shape index (κ2) is 8.47. The van der Waals surface area contributed by atoms with Crippen LogP contribution in [0.1, 0.15) is 17.7 Å². The SMILES string of the molecule is O=C(O)CCC(=O)Nc1ncc(C=C2SC(=Nc3ccc4[nH]ncc4c3)NC2=O)s1. The number of benzene rings is 1. The Balaban J connectivity index is 1.43. The molecule has 1 aromatic carbocycles. The molecule has 3 heterocycles. The summed E-state index contributed by atoms with van der Waals surface area (Å²) >= 11 is 2.39. The third-order valence-electron chi connectivity index (χ3n) is 3.91. The Bertz CT molecular complexity index is 1210. The first-order valence-electron chi connectivity index (χ1n) is 8.66. The Labute approximate surface area is 177 Å². The molecule has 0 atom stereocenters. The predicted molar refractivity (Wildman–Crippen MR) is 115 cm³/mol. The van der Waals surface area contributed by atoms with Crippen molar-refractivity contribution in [3.63, 3.8) is 0 Å². The van der Waals surface area contributed by atoms with E-state index in [2.05, 4.69) is 30.8 Å². The molecule has 0 unspecified atom stereocenters. The number of aromatic nitrogens is 3. The van der Waals surface area contributed by atoms with Crippen molar-refractivity contribution >= 4 is 73.8 Å². The fourth-order valence-corrected chi connectivity index (χ4v) is 4.22. The first-order valence-corrected chi connectivity index (χ1v) is 10.3. The number of hydrogen-bond donors (Lipinski definition) is 4. The highest BCUT2D eigenvalue weighted by molar-refractivity contribution is 8.18. The van der Waals surface area contributed by atoms with Gasteiger partial charge < -0.3 is 15.7 Å². The number of hydrogen-bond acceptors (Lipinski definition) is 8. The summed E-state index contributed by atoms with van der Waals surface area (Å²) in [6, 6.07) is 5.55. The van der Waals surface area contributed by atoms with Gasteiger partial charge in [-0.3, -0.25) is 19.5 Å². The Hall–Kier alpha value is -3.51. The van der Waals surface area contributed by atoms with E-state index in [4.69, 9.17) is 5.11 Å². The number of amidine groups is 1. The summed E-state index contributed by atoms with van der Waals surface area (Å²) < 4.78 is 0. The molecule has 152 valence electrons. The molecule has 2 aromatic heterocycles. The minimum atomic E-state index is -1.04. The fourth-order valence-electron chi connectivity index (χ4n) is 2.54. The molecular weight excluding hydrogens is 428 g/mol. The normalized spacial score (nSPS) is 16.3. The van der Waals surface area contributed by atoms with Gasteiger partial charge in [0.15, 0.2) is 10.3 Å². The van der Waals surface area contributed by atoms with Crippen LogP contribution in [0.15, 0.2) is 40.5 Å². The molecule has 2 amide bonds. The number of aliphatic carboxylic acids is 1. The maximum Gasteiger partial charge on any atom is 0.303 e. The average Bonchev–Trinajstić information content (AvgIpc) is 3.41. The Morgan fingerprint density at radius 2 is 2.13 bits per heavy atom. The maximum atomic E-state index is 12.2. The lowest BCUT2D eigenvalue weighted by Gasteiger charge is -1.98. The Morgan fingerprint density at radius 1 is 1.27 bits per heavy atom. The molecule has 0 aliphatic carbocycles. The molecule has 0 bridgehead atoms. The van der Waals surface area contributed by atoms with Gasteiger partial charge >= 0.3 is 5.97 Å². The van der Waals surface area contributed by atoms with Gasteiger partial charge in [-0.25, -0.2) is 9.98 Å². The van der Waals surface area contributed by atoms with Crippen LogP contribution in [-0.2, 0) is 14.4 Å². The van der Waals surface area contributed by atoms with E-state index in [1.54, 1.807) is 12.3 Å². The first kappa shape index (κ1) is 19.8. The molecule has 1 fully saturated rings. The second-order valence-corrected chi connectivity index (χ2v) is 8.23. The highest BCUT2D eigenvalue weighted by Crippen LogP contribution is 2.30. The maximum absolute atomic E-state index is 12.2. The summed E-state index contributed by atoms with van der Waals surface area (Å²) in [7, 11) is 0. The van der Waals surface area contributed by atoms with E-state index in [1.807, 2.05) is 18.2 Å². The van der Waals surface area contributed by atoms with Crippen molar-refractivity contribution in [2.24, 2.45) is 4.99 Å². The van der Waals surface area contributed by atoms with Crippen molar-refractivity contribution in [3.8, 4) is 0 Å². The van der Waals surface area contributed by atoms with Crippen molar-refractivity contribution in [2.75, 3.05) is 5.32 Å². The molecule has 12 heteroatoms. The molecule has 1 saturated heterocycles. The molecule has 4 rings (SSSR count). The zero-order chi connectivity index (χ0) is 21.1. The summed E-state index contributed by atoms with van der Waals surface area (Å²) in [4.78, 5) is 44.1. The molecule has 0 radical (unpaired) electrons. The minimum Gasteiger partial charge on any atom is -0.481 e. The molecule has 1 aliphatic rings. The van der Waals surface area contributed by atoms with Gasteiger partial charge in [0.1, 0.15) is 0 Å². The molecular formula is C18H14N6O4S2. The van der Waals surface area contributed by atoms with Crippen LogP contribution in [0.3, 0.4) is 0 Å². The van der Waals surface area contributed by atoms with Crippen molar-refractivity contribution < 1.29 is 19.5 Å². The number of amides is 2. The fraction of sp³-hybridized carbons (Fsp3) is 0.111. The van der Waals surface area contributed by atoms with Crippen molar-refractivity contribution in [2.45, 2.75) is 12.8 Å².